The number of carbonyl (C=O) groups is 1. The van der Waals surface area contributed by atoms with Crippen LogP contribution in [0.25, 0.3) is 22.0 Å². The van der Waals surface area contributed by atoms with Gasteiger partial charge in [-0.25, -0.2) is 9.97 Å². The number of nitrogens with zero attached hydrogens (tertiary/aromatic N) is 2. The van der Waals surface area contributed by atoms with Gasteiger partial charge in [-0.2, -0.15) is 0 Å². The standard InChI is InChI=1S/C22H19N3O2S/c1-14-5-3-4-6-18(14)21-25-19(15(2)27-21)13-20(26)24-17-9-7-16(8-10-17)22-23-11-12-28-22/h3-12H,13H2,1-2H3,(H,24,26). The Balaban J connectivity index is 1.45. The van der Waals surface area contributed by atoms with Gasteiger partial charge in [0.15, 0.2) is 0 Å². The molecule has 0 spiro atoms. The van der Waals surface area contributed by atoms with Gasteiger partial charge < -0.3 is 9.73 Å². The first-order chi connectivity index (χ1) is 13.6. The van der Waals surface area contributed by atoms with Crippen LogP contribution in [0.3, 0.4) is 0 Å². The van der Waals surface area contributed by atoms with E-state index in [0.29, 0.717) is 17.3 Å². The lowest BCUT2D eigenvalue weighted by Gasteiger charge is -2.05. The van der Waals surface area contributed by atoms with E-state index in [9.17, 15) is 4.79 Å². The number of aryl methyl sites for hydroxylation is 2. The molecule has 140 valence electrons. The predicted octanol–water partition coefficient (Wildman–Crippen LogP) is 5.26. The molecule has 4 rings (SSSR count). The van der Waals surface area contributed by atoms with Gasteiger partial charge in [0.2, 0.25) is 11.8 Å². The molecule has 2 aromatic heterocycles. The number of rotatable bonds is 5. The minimum atomic E-state index is -0.130. The first kappa shape index (κ1) is 18.1. The van der Waals surface area contributed by atoms with Gasteiger partial charge in [-0.3, -0.25) is 4.79 Å². The highest BCUT2D eigenvalue weighted by Crippen LogP contribution is 2.26. The topological polar surface area (TPSA) is 68.0 Å². The molecule has 0 aliphatic carbocycles. The lowest BCUT2D eigenvalue weighted by Crippen LogP contribution is -2.15. The molecule has 4 aromatic rings. The molecule has 0 radical (unpaired) electrons. The molecule has 2 aromatic carbocycles. The number of amides is 1. The van der Waals surface area contributed by atoms with Crippen molar-refractivity contribution in [1.82, 2.24) is 9.97 Å². The lowest BCUT2D eigenvalue weighted by atomic mass is 10.1. The Labute approximate surface area is 167 Å². The van der Waals surface area contributed by atoms with Crippen molar-refractivity contribution in [3.8, 4) is 22.0 Å². The van der Waals surface area contributed by atoms with Gasteiger partial charge in [0.05, 0.1) is 12.1 Å². The molecule has 1 N–H and O–H groups in total. The number of hydrogen-bond donors (Lipinski definition) is 1. The van der Waals surface area contributed by atoms with Crippen LogP contribution in [0.15, 0.2) is 64.5 Å². The third-order valence-electron chi connectivity index (χ3n) is 4.44. The van der Waals surface area contributed by atoms with Crippen molar-refractivity contribution >= 4 is 22.9 Å². The van der Waals surface area contributed by atoms with Crippen LogP contribution in [-0.2, 0) is 11.2 Å². The molecule has 0 atom stereocenters. The fourth-order valence-corrected chi connectivity index (χ4v) is 3.58. The molecule has 6 heteroatoms. The van der Waals surface area contributed by atoms with E-state index in [1.54, 1.807) is 17.5 Å². The Morgan fingerprint density at radius 1 is 1.11 bits per heavy atom. The van der Waals surface area contributed by atoms with Gasteiger partial charge in [0, 0.05) is 28.4 Å². The molecule has 0 aliphatic heterocycles. The molecule has 1 amide bonds. The zero-order valence-corrected chi connectivity index (χ0v) is 16.4. The lowest BCUT2D eigenvalue weighted by molar-refractivity contribution is -0.115. The minimum Gasteiger partial charge on any atom is -0.441 e. The summed E-state index contributed by atoms with van der Waals surface area (Å²) in [5, 5.41) is 5.81. The second-order valence-corrected chi connectivity index (χ2v) is 7.37. The number of thiazole rings is 1. The zero-order valence-electron chi connectivity index (χ0n) is 15.6. The van der Waals surface area contributed by atoms with Crippen LogP contribution in [0, 0.1) is 13.8 Å². The predicted molar refractivity (Wildman–Crippen MR) is 111 cm³/mol. The average Bonchev–Trinajstić information content (AvgIpc) is 3.33. The highest BCUT2D eigenvalue weighted by atomic mass is 32.1. The van der Waals surface area contributed by atoms with Crippen molar-refractivity contribution in [2.45, 2.75) is 20.3 Å². The number of carbonyl (C=O) groups excluding carboxylic acids is 1. The summed E-state index contributed by atoms with van der Waals surface area (Å²) in [6.07, 6.45) is 1.94. The Kier molecular flexibility index (Phi) is 5.04. The van der Waals surface area contributed by atoms with Crippen LogP contribution in [0.5, 0.6) is 0 Å². The Morgan fingerprint density at radius 2 is 1.89 bits per heavy atom. The quantitative estimate of drug-likeness (QED) is 0.505. The van der Waals surface area contributed by atoms with Gasteiger partial charge in [-0.1, -0.05) is 18.2 Å². The van der Waals surface area contributed by atoms with Crippen molar-refractivity contribution in [3.05, 3.63) is 77.1 Å². The summed E-state index contributed by atoms with van der Waals surface area (Å²) in [5.74, 6) is 1.08. The summed E-state index contributed by atoms with van der Waals surface area (Å²) < 4.78 is 5.79. The smallest absolute Gasteiger partial charge is 0.230 e. The van der Waals surface area contributed by atoms with E-state index in [2.05, 4.69) is 15.3 Å². The monoisotopic (exact) mass is 389 g/mol. The maximum Gasteiger partial charge on any atom is 0.230 e. The highest BCUT2D eigenvalue weighted by Gasteiger charge is 2.16. The van der Waals surface area contributed by atoms with Crippen LogP contribution in [0.1, 0.15) is 17.0 Å². The molecule has 28 heavy (non-hydrogen) atoms. The Hall–Kier alpha value is -3.25. The van der Waals surface area contributed by atoms with Crippen LogP contribution in [-0.4, -0.2) is 15.9 Å². The maximum atomic E-state index is 12.5. The minimum absolute atomic E-state index is 0.130. The fraction of sp³-hybridized carbons (Fsp3) is 0.136. The van der Waals surface area contributed by atoms with Crippen LogP contribution < -0.4 is 5.32 Å². The summed E-state index contributed by atoms with van der Waals surface area (Å²) in [7, 11) is 0. The van der Waals surface area contributed by atoms with Gasteiger partial charge in [-0.15, -0.1) is 11.3 Å². The summed E-state index contributed by atoms with van der Waals surface area (Å²) in [6.45, 7) is 3.84. The summed E-state index contributed by atoms with van der Waals surface area (Å²) in [6, 6.07) is 15.6. The summed E-state index contributed by atoms with van der Waals surface area (Å²) in [4.78, 5) is 21.3. The van der Waals surface area contributed by atoms with Crippen LogP contribution >= 0.6 is 11.3 Å². The molecule has 0 saturated heterocycles. The number of oxazole rings is 1. The van der Waals surface area contributed by atoms with E-state index in [0.717, 1.165) is 27.4 Å². The van der Waals surface area contributed by atoms with Crippen molar-refractivity contribution in [2.24, 2.45) is 0 Å². The number of anilines is 1. The maximum absolute atomic E-state index is 12.5. The molecule has 0 bridgehead atoms. The average molecular weight is 389 g/mol. The molecule has 2 heterocycles. The zero-order chi connectivity index (χ0) is 19.5. The van der Waals surface area contributed by atoms with Crippen molar-refractivity contribution in [1.29, 1.82) is 0 Å². The molecule has 0 fully saturated rings. The molecule has 5 nitrogen and oxygen atoms in total. The number of hydrogen-bond acceptors (Lipinski definition) is 5. The third kappa shape index (κ3) is 3.87. The molecule has 0 aliphatic rings. The Bertz CT molecular complexity index is 1100. The molecular formula is C22H19N3O2S. The number of nitrogens with one attached hydrogen (secondary N) is 1. The normalized spacial score (nSPS) is 10.8. The van der Waals surface area contributed by atoms with E-state index in [1.807, 2.05) is 67.8 Å². The molecule has 0 saturated carbocycles. The van der Waals surface area contributed by atoms with Gasteiger partial charge in [0.25, 0.3) is 0 Å². The van der Waals surface area contributed by atoms with Crippen LogP contribution in [0.2, 0.25) is 0 Å². The SMILES string of the molecule is Cc1ccccc1-c1nc(CC(=O)Nc2ccc(-c3nccs3)cc2)c(C)o1. The first-order valence-corrected chi connectivity index (χ1v) is 9.80. The molecule has 0 unspecified atom stereocenters. The van der Waals surface area contributed by atoms with E-state index >= 15 is 0 Å². The van der Waals surface area contributed by atoms with E-state index < -0.39 is 0 Å². The van der Waals surface area contributed by atoms with Crippen molar-refractivity contribution < 1.29 is 9.21 Å². The highest BCUT2D eigenvalue weighted by molar-refractivity contribution is 7.13. The van der Waals surface area contributed by atoms with Crippen LogP contribution in [0.4, 0.5) is 5.69 Å². The Morgan fingerprint density at radius 3 is 2.61 bits per heavy atom. The third-order valence-corrected chi connectivity index (χ3v) is 5.27. The second kappa shape index (κ2) is 7.78. The summed E-state index contributed by atoms with van der Waals surface area (Å²) in [5.41, 5.74) is 4.44. The van der Waals surface area contributed by atoms with E-state index in [-0.39, 0.29) is 12.3 Å². The van der Waals surface area contributed by atoms with E-state index in [1.165, 1.54) is 0 Å². The van der Waals surface area contributed by atoms with Gasteiger partial charge in [-0.05, 0) is 49.7 Å². The summed E-state index contributed by atoms with van der Waals surface area (Å²) >= 11 is 1.58. The van der Waals surface area contributed by atoms with E-state index in [4.69, 9.17) is 4.42 Å². The van der Waals surface area contributed by atoms with Crippen molar-refractivity contribution in [2.75, 3.05) is 5.32 Å². The fourth-order valence-electron chi connectivity index (χ4n) is 2.94. The largest absolute Gasteiger partial charge is 0.441 e. The van der Waals surface area contributed by atoms with Crippen molar-refractivity contribution in [3.63, 3.8) is 0 Å². The molecular weight excluding hydrogens is 370 g/mol. The first-order valence-electron chi connectivity index (χ1n) is 8.92. The van der Waals surface area contributed by atoms with Gasteiger partial charge >= 0.3 is 0 Å². The van der Waals surface area contributed by atoms with Gasteiger partial charge in [0.1, 0.15) is 10.8 Å². The number of aromatic nitrogens is 2. The number of benzene rings is 2. The second-order valence-electron chi connectivity index (χ2n) is 6.48.